The van der Waals surface area contributed by atoms with Crippen LogP contribution >= 0.6 is 0 Å². The minimum Gasteiger partial charge on any atom is -0.355 e. The van der Waals surface area contributed by atoms with Crippen molar-refractivity contribution in [2.24, 2.45) is 5.92 Å². The van der Waals surface area contributed by atoms with E-state index in [4.69, 9.17) is 0 Å². The van der Waals surface area contributed by atoms with E-state index < -0.39 is 0 Å². The molecule has 0 saturated carbocycles. The van der Waals surface area contributed by atoms with Crippen molar-refractivity contribution in [1.29, 1.82) is 0 Å². The second kappa shape index (κ2) is 7.25. The van der Waals surface area contributed by atoms with Crippen LogP contribution in [0.2, 0.25) is 0 Å². The second-order valence-corrected chi connectivity index (χ2v) is 6.18. The Morgan fingerprint density at radius 3 is 2.50 bits per heavy atom. The Labute approximate surface area is 132 Å². The van der Waals surface area contributed by atoms with E-state index in [1.54, 1.807) is 0 Å². The van der Waals surface area contributed by atoms with Crippen molar-refractivity contribution >= 4 is 5.91 Å². The van der Waals surface area contributed by atoms with Crippen LogP contribution in [-0.2, 0) is 17.8 Å². The van der Waals surface area contributed by atoms with Crippen LogP contribution in [-0.4, -0.2) is 22.2 Å². The molecule has 2 aromatic rings. The fraction of sp³-hybridized carbons (Fsp3) is 0.444. The van der Waals surface area contributed by atoms with E-state index in [0.29, 0.717) is 18.9 Å². The molecule has 0 radical (unpaired) electrons. The minimum atomic E-state index is 0.0732. The van der Waals surface area contributed by atoms with E-state index in [1.165, 1.54) is 5.56 Å². The Kier molecular flexibility index (Phi) is 5.36. The molecule has 1 atom stereocenters. The molecule has 0 unspecified atom stereocenters. The quantitative estimate of drug-likeness (QED) is 0.891. The normalized spacial score (nSPS) is 12.2. The maximum atomic E-state index is 12.0. The summed E-state index contributed by atoms with van der Waals surface area (Å²) >= 11 is 0. The van der Waals surface area contributed by atoms with E-state index in [2.05, 4.69) is 30.3 Å². The lowest BCUT2D eigenvalue weighted by molar-refractivity contribution is -0.120. The zero-order chi connectivity index (χ0) is 16.1. The molecule has 0 bridgehead atoms. The molecule has 1 aromatic carbocycles. The molecule has 4 nitrogen and oxygen atoms in total. The van der Waals surface area contributed by atoms with Gasteiger partial charge in [-0.2, -0.15) is 5.10 Å². The Hall–Kier alpha value is -2.10. The van der Waals surface area contributed by atoms with Gasteiger partial charge >= 0.3 is 0 Å². The van der Waals surface area contributed by atoms with E-state index in [-0.39, 0.29) is 5.91 Å². The highest BCUT2D eigenvalue weighted by atomic mass is 16.1. The number of aromatic nitrogens is 2. The average Bonchev–Trinajstić information content (AvgIpc) is 2.77. The van der Waals surface area contributed by atoms with E-state index in [0.717, 1.165) is 23.5 Å². The summed E-state index contributed by atoms with van der Waals surface area (Å²) in [6.45, 7) is 9.72. The summed E-state index contributed by atoms with van der Waals surface area (Å²) in [5.41, 5.74) is 4.46. The first-order valence-corrected chi connectivity index (χ1v) is 7.77. The second-order valence-electron chi connectivity index (χ2n) is 6.18. The molecule has 0 aliphatic carbocycles. The summed E-state index contributed by atoms with van der Waals surface area (Å²) in [5, 5.41) is 7.47. The third-order valence-corrected chi connectivity index (χ3v) is 3.72. The van der Waals surface area contributed by atoms with Gasteiger partial charge in [0.25, 0.3) is 0 Å². The van der Waals surface area contributed by atoms with Gasteiger partial charge in [0.1, 0.15) is 0 Å². The monoisotopic (exact) mass is 299 g/mol. The summed E-state index contributed by atoms with van der Waals surface area (Å²) in [7, 11) is 0. The van der Waals surface area contributed by atoms with Crippen molar-refractivity contribution in [3.8, 4) is 0 Å². The van der Waals surface area contributed by atoms with Crippen LogP contribution in [0, 0.1) is 26.7 Å². The van der Waals surface area contributed by atoms with Crippen molar-refractivity contribution in [3.63, 3.8) is 0 Å². The highest BCUT2D eigenvalue weighted by Crippen LogP contribution is 2.07. The van der Waals surface area contributed by atoms with Gasteiger partial charge in [-0.25, -0.2) is 0 Å². The van der Waals surface area contributed by atoms with Gasteiger partial charge in [-0.05, 0) is 38.3 Å². The molecule has 0 fully saturated rings. The number of nitrogens with one attached hydrogen (secondary N) is 1. The fourth-order valence-corrected chi connectivity index (χ4v) is 2.46. The highest BCUT2D eigenvalue weighted by molar-refractivity contribution is 5.78. The molecule has 2 rings (SSSR count). The standard InChI is InChI=1S/C18H25N3O/c1-13-5-7-17(8-6-13)10-18(22)19-11-14(2)12-21-16(4)9-15(3)20-21/h5-9,14H,10-12H2,1-4H3,(H,19,22)/t14-/m0/s1. The van der Waals surface area contributed by atoms with Crippen molar-refractivity contribution in [2.75, 3.05) is 6.54 Å². The predicted octanol–water partition coefficient (Wildman–Crippen LogP) is 2.80. The van der Waals surface area contributed by atoms with Gasteiger partial charge in [-0.1, -0.05) is 36.8 Å². The van der Waals surface area contributed by atoms with Crippen LogP contribution in [0.4, 0.5) is 0 Å². The topological polar surface area (TPSA) is 46.9 Å². The third kappa shape index (κ3) is 4.72. The SMILES string of the molecule is Cc1ccc(CC(=O)NC[C@H](C)Cn2nc(C)cc2C)cc1. The first-order chi connectivity index (χ1) is 10.4. The molecule has 22 heavy (non-hydrogen) atoms. The lowest BCUT2D eigenvalue weighted by atomic mass is 10.1. The van der Waals surface area contributed by atoms with E-state index >= 15 is 0 Å². The van der Waals surface area contributed by atoms with Crippen molar-refractivity contribution in [3.05, 3.63) is 52.8 Å². The summed E-state index contributed by atoms with van der Waals surface area (Å²) in [6.07, 6.45) is 0.437. The molecular formula is C18H25N3O. The van der Waals surface area contributed by atoms with Crippen LogP contribution in [0.1, 0.15) is 29.4 Å². The smallest absolute Gasteiger partial charge is 0.224 e. The molecule has 1 aromatic heterocycles. The summed E-state index contributed by atoms with van der Waals surface area (Å²) < 4.78 is 2.01. The average molecular weight is 299 g/mol. The first kappa shape index (κ1) is 16.3. The van der Waals surface area contributed by atoms with Crippen molar-refractivity contribution < 1.29 is 4.79 Å². The number of hydrogen-bond acceptors (Lipinski definition) is 2. The van der Waals surface area contributed by atoms with Crippen LogP contribution in [0.5, 0.6) is 0 Å². The number of amides is 1. The highest BCUT2D eigenvalue weighted by Gasteiger charge is 2.09. The Balaban J connectivity index is 1.78. The van der Waals surface area contributed by atoms with E-state index in [9.17, 15) is 4.79 Å². The van der Waals surface area contributed by atoms with Crippen LogP contribution in [0.15, 0.2) is 30.3 Å². The van der Waals surface area contributed by atoms with Gasteiger partial charge in [0.05, 0.1) is 12.1 Å². The minimum absolute atomic E-state index is 0.0732. The maximum absolute atomic E-state index is 12.0. The lowest BCUT2D eigenvalue weighted by Gasteiger charge is -2.14. The van der Waals surface area contributed by atoms with Crippen LogP contribution in [0.3, 0.4) is 0 Å². The largest absolute Gasteiger partial charge is 0.355 e. The Morgan fingerprint density at radius 1 is 1.23 bits per heavy atom. The first-order valence-electron chi connectivity index (χ1n) is 7.77. The van der Waals surface area contributed by atoms with Gasteiger partial charge in [0.15, 0.2) is 0 Å². The molecule has 1 amide bonds. The Morgan fingerprint density at radius 2 is 1.91 bits per heavy atom. The molecule has 0 aliphatic heterocycles. The summed E-state index contributed by atoms with van der Waals surface area (Å²) in [5.74, 6) is 0.420. The molecule has 118 valence electrons. The van der Waals surface area contributed by atoms with Gasteiger partial charge in [-0.3, -0.25) is 9.48 Å². The Bertz CT molecular complexity index is 628. The molecule has 1 N–H and O–H groups in total. The molecule has 0 aliphatic rings. The van der Waals surface area contributed by atoms with Crippen molar-refractivity contribution in [2.45, 2.75) is 40.7 Å². The predicted molar refractivity (Wildman–Crippen MR) is 88.8 cm³/mol. The van der Waals surface area contributed by atoms with Gasteiger partial charge < -0.3 is 5.32 Å². The molecule has 0 spiro atoms. The number of aryl methyl sites for hydroxylation is 3. The lowest BCUT2D eigenvalue weighted by Crippen LogP contribution is -2.31. The number of benzene rings is 1. The summed E-state index contributed by atoms with van der Waals surface area (Å²) in [6, 6.07) is 10.2. The van der Waals surface area contributed by atoms with Gasteiger partial charge in [0.2, 0.25) is 5.91 Å². The van der Waals surface area contributed by atoms with Gasteiger partial charge in [-0.15, -0.1) is 0 Å². The van der Waals surface area contributed by atoms with Crippen LogP contribution in [0.25, 0.3) is 0 Å². The molecule has 4 heteroatoms. The molecule has 1 heterocycles. The third-order valence-electron chi connectivity index (χ3n) is 3.72. The number of nitrogens with zero attached hydrogens (tertiary/aromatic N) is 2. The zero-order valence-electron chi connectivity index (χ0n) is 13.9. The fourth-order valence-electron chi connectivity index (χ4n) is 2.46. The van der Waals surface area contributed by atoms with Crippen LogP contribution < -0.4 is 5.32 Å². The van der Waals surface area contributed by atoms with Crippen molar-refractivity contribution in [1.82, 2.24) is 15.1 Å². The zero-order valence-corrected chi connectivity index (χ0v) is 13.9. The van der Waals surface area contributed by atoms with E-state index in [1.807, 2.05) is 42.8 Å². The van der Waals surface area contributed by atoms with Gasteiger partial charge in [0, 0.05) is 18.8 Å². The molecule has 0 saturated heterocycles. The summed E-state index contributed by atoms with van der Waals surface area (Å²) in [4.78, 5) is 12.0. The number of rotatable bonds is 6. The number of carbonyl (C=O) groups excluding carboxylic acids is 1. The number of carbonyl (C=O) groups is 1. The maximum Gasteiger partial charge on any atom is 0.224 e. The molecular weight excluding hydrogens is 274 g/mol. The number of hydrogen-bond donors (Lipinski definition) is 1.